The van der Waals surface area contributed by atoms with Crippen LogP contribution in [0.15, 0.2) is 41.8 Å². The van der Waals surface area contributed by atoms with Crippen LogP contribution in [0.4, 0.5) is 10.5 Å². The Labute approximate surface area is 147 Å². The number of nitrogens with zero attached hydrogens (tertiary/aromatic N) is 1. The van der Waals surface area contributed by atoms with E-state index in [-0.39, 0.29) is 18.1 Å². The molecule has 24 heavy (non-hydrogen) atoms. The van der Waals surface area contributed by atoms with Gasteiger partial charge in [0.1, 0.15) is 0 Å². The first kappa shape index (κ1) is 17.0. The van der Waals surface area contributed by atoms with Gasteiger partial charge >= 0.3 is 6.03 Å². The van der Waals surface area contributed by atoms with Gasteiger partial charge in [0.25, 0.3) is 0 Å². The maximum absolute atomic E-state index is 12.6. The van der Waals surface area contributed by atoms with Crippen LogP contribution in [0, 0.1) is 5.41 Å². The number of piperidine rings is 1. The second-order valence-electron chi connectivity index (χ2n) is 6.45. The highest BCUT2D eigenvalue weighted by Gasteiger charge is 2.34. The molecule has 1 fully saturated rings. The maximum Gasteiger partial charge on any atom is 0.321 e. The summed E-state index contributed by atoms with van der Waals surface area (Å²) >= 11 is 1.67. The molecule has 2 aromatic rings. The van der Waals surface area contributed by atoms with Crippen LogP contribution >= 0.6 is 11.3 Å². The summed E-state index contributed by atoms with van der Waals surface area (Å²) in [7, 11) is 0. The number of likely N-dealkylation sites (tertiary alicyclic amines) is 1. The van der Waals surface area contributed by atoms with Gasteiger partial charge in [0.15, 0.2) is 0 Å². The van der Waals surface area contributed by atoms with E-state index in [0.29, 0.717) is 13.1 Å². The van der Waals surface area contributed by atoms with E-state index in [4.69, 9.17) is 0 Å². The number of hydrogen-bond acceptors (Lipinski definition) is 3. The highest BCUT2D eigenvalue weighted by molar-refractivity contribution is 7.13. The number of hydrogen-bond donors (Lipinski definition) is 2. The van der Waals surface area contributed by atoms with Gasteiger partial charge in [0, 0.05) is 30.1 Å². The zero-order chi connectivity index (χ0) is 17.0. The molecule has 3 rings (SSSR count). The van der Waals surface area contributed by atoms with Crippen LogP contribution in [-0.2, 0) is 0 Å². The SMILES string of the molecule is CCC1(CO)CCN(C(=O)Nc2ccccc2-c2cccs2)CC1. The lowest BCUT2D eigenvalue weighted by molar-refractivity contribution is 0.0542. The predicted octanol–water partition coefficient (Wildman–Crippen LogP) is 4.43. The molecule has 4 nitrogen and oxygen atoms in total. The van der Waals surface area contributed by atoms with Crippen LogP contribution in [-0.4, -0.2) is 35.7 Å². The topological polar surface area (TPSA) is 52.6 Å². The Morgan fingerprint density at radius 1 is 1.25 bits per heavy atom. The zero-order valence-electron chi connectivity index (χ0n) is 14.0. The first-order valence-corrected chi connectivity index (χ1v) is 9.35. The Kier molecular flexibility index (Phi) is 5.21. The van der Waals surface area contributed by atoms with Crippen molar-refractivity contribution in [3.05, 3.63) is 41.8 Å². The monoisotopic (exact) mass is 344 g/mol. The van der Waals surface area contributed by atoms with Crippen molar-refractivity contribution in [2.45, 2.75) is 26.2 Å². The molecule has 2 amide bonds. The summed E-state index contributed by atoms with van der Waals surface area (Å²) in [6.07, 6.45) is 2.68. The van der Waals surface area contributed by atoms with Crippen molar-refractivity contribution in [1.82, 2.24) is 4.90 Å². The average molecular weight is 344 g/mol. The van der Waals surface area contributed by atoms with Gasteiger partial charge in [-0.25, -0.2) is 4.79 Å². The fourth-order valence-electron chi connectivity index (χ4n) is 3.24. The number of para-hydroxylation sites is 1. The molecule has 0 spiro atoms. The molecule has 128 valence electrons. The van der Waals surface area contributed by atoms with Crippen molar-refractivity contribution in [2.75, 3.05) is 25.0 Å². The van der Waals surface area contributed by atoms with Crippen LogP contribution < -0.4 is 5.32 Å². The van der Waals surface area contributed by atoms with Gasteiger partial charge in [-0.2, -0.15) is 0 Å². The number of rotatable bonds is 4. The number of aliphatic hydroxyl groups is 1. The number of thiophene rings is 1. The van der Waals surface area contributed by atoms with Crippen LogP contribution in [0.2, 0.25) is 0 Å². The Morgan fingerprint density at radius 3 is 2.62 bits per heavy atom. The van der Waals surface area contributed by atoms with Gasteiger partial charge in [-0.15, -0.1) is 11.3 Å². The highest BCUT2D eigenvalue weighted by atomic mass is 32.1. The van der Waals surface area contributed by atoms with Gasteiger partial charge in [-0.05, 0) is 42.2 Å². The van der Waals surface area contributed by atoms with Crippen molar-refractivity contribution in [3.63, 3.8) is 0 Å². The molecule has 0 aliphatic carbocycles. The zero-order valence-corrected chi connectivity index (χ0v) is 14.8. The molecule has 1 aromatic heterocycles. The molecule has 1 saturated heterocycles. The molecule has 0 atom stereocenters. The number of anilines is 1. The number of aliphatic hydroxyl groups excluding tert-OH is 1. The molecule has 1 aliphatic rings. The summed E-state index contributed by atoms with van der Waals surface area (Å²) in [5, 5.41) is 14.7. The standard InChI is InChI=1S/C19H24N2O2S/c1-2-19(14-22)9-11-21(12-10-19)18(23)20-16-7-4-3-6-15(16)17-8-5-13-24-17/h3-8,13,22H,2,9-12,14H2,1H3,(H,20,23). The van der Waals surface area contributed by atoms with Gasteiger partial charge in [0.2, 0.25) is 0 Å². The van der Waals surface area contributed by atoms with Crippen LogP contribution in [0.3, 0.4) is 0 Å². The molecule has 2 N–H and O–H groups in total. The van der Waals surface area contributed by atoms with E-state index in [1.165, 1.54) is 0 Å². The second kappa shape index (κ2) is 7.36. The fraction of sp³-hybridized carbons (Fsp3) is 0.421. The van der Waals surface area contributed by atoms with E-state index in [1.54, 1.807) is 11.3 Å². The summed E-state index contributed by atoms with van der Waals surface area (Å²) < 4.78 is 0. The predicted molar refractivity (Wildman–Crippen MR) is 99.4 cm³/mol. The summed E-state index contributed by atoms with van der Waals surface area (Å²) in [5.74, 6) is 0. The number of carbonyl (C=O) groups excluding carboxylic acids is 1. The van der Waals surface area contributed by atoms with Crippen molar-refractivity contribution in [1.29, 1.82) is 0 Å². The minimum absolute atomic E-state index is 0.00828. The van der Waals surface area contributed by atoms with Crippen molar-refractivity contribution < 1.29 is 9.90 Å². The number of benzene rings is 1. The first-order valence-electron chi connectivity index (χ1n) is 8.47. The Morgan fingerprint density at radius 2 is 2.00 bits per heavy atom. The number of nitrogens with one attached hydrogen (secondary N) is 1. The third kappa shape index (κ3) is 3.47. The van der Waals surface area contributed by atoms with Crippen LogP contribution in [0.5, 0.6) is 0 Å². The van der Waals surface area contributed by atoms with E-state index in [0.717, 1.165) is 35.4 Å². The molecule has 5 heteroatoms. The molecule has 1 aromatic carbocycles. The lowest BCUT2D eigenvalue weighted by Crippen LogP contribution is -2.46. The third-order valence-electron chi connectivity index (χ3n) is 5.15. The third-order valence-corrected chi connectivity index (χ3v) is 6.06. The number of carbonyl (C=O) groups is 1. The van der Waals surface area contributed by atoms with E-state index < -0.39 is 0 Å². The lowest BCUT2D eigenvalue weighted by Gasteiger charge is -2.40. The van der Waals surface area contributed by atoms with E-state index in [1.807, 2.05) is 40.6 Å². The molecule has 1 aliphatic heterocycles. The van der Waals surface area contributed by atoms with Crippen LogP contribution in [0.1, 0.15) is 26.2 Å². The molecule has 2 heterocycles. The normalized spacial score (nSPS) is 16.8. The van der Waals surface area contributed by atoms with Gasteiger partial charge in [0.05, 0.1) is 5.69 Å². The Bertz CT molecular complexity index is 670. The molecule has 0 unspecified atom stereocenters. The van der Waals surface area contributed by atoms with Gasteiger partial charge in [-0.1, -0.05) is 31.2 Å². The smallest absolute Gasteiger partial charge is 0.321 e. The Balaban J connectivity index is 1.69. The largest absolute Gasteiger partial charge is 0.396 e. The molecular formula is C19H24N2O2S. The minimum atomic E-state index is -0.0540. The number of urea groups is 1. The van der Waals surface area contributed by atoms with Crippen molar-refractivity contribution in [3.8, 4) is 10.4 Å². The summed E-state index contributed by atoms with van der Waals surface area (Å²) in [6, 6.07) is 11.9. The average Bonchev–Trinajstić information content (AvgIpc) is 3.16. The highest BCUT2D eigenvalue weighted by Crippen LogP contribution is 2.35. The Hall–Kier alpha value is -1.85. The van der Waals surface area contributed by atoms with E-state index in [9.17, 15) is 9.90 Å². The molecule has 0 radical (unpaired) electrons. The van der Waals surface area contributed by atoms with E-state index >= 15 is 0 Å². The maximum atomic E-state index is 12.6. The molecule has 0 saturated carbocycles. The minimum Gasteiger partial charge on any atom is -0.396 e. The fourth-order valence-corrected chi connectivity index (χ4v) is 4.01. The van der Waals surface area contributed by atoms with E-state index in [2.05, 4.69) is 18.3 Å². The quantitative estimate of drug-likeness (QED) is 0.862. The summed E-state index contributed by atoms with van der Waals surface area (Å²) in [6.45, 7) is 3.71. The van der Waals surface area contributed by atoms with Crippen molar-refractivity contribution >= 4 is 23.1 Å². The molecular weight excluding hydrogens is 320 g/mol. The number of amides is 2. The first-order chi connectivity index (χ1) is 11.7. The van der Waals surface area contributed by atoms with Gasteiger partial charge < -0.3 is 15.3 Å². The molecule has 0 bridgehead atoms. The summed E-state index contributed by atoms with van der Waals surface area (Å²) in [4.78, 5) is 15.6. The van der Waals surface area contributed by atoms with Crippen LogP contribution in [0.25, 0.3) is 10.4 Å². The van der Waals surface area contributed by atoms with Gasteiger partial charge in [-0.3, -0.25) is 0 Å². The summed E-state index contributed by atoms with van der Waals surface area (Å²) in [5.41, 5.74) is 1.89. The van der Waals surface area contributed by atoms with Crippen molar-refractivity contribution in [2.24, 2.45) is 5.41 Å². The second-order valence-corrected chi connectivity index (χ2v) is 7.40. The lowest BCUT2D eigenvalue weighted by atomic mass is 9.77.